The van der Waals surface area contributed by atoms with E-state index in [4.69, 9.17) is 40.2 Å². The summed E-state index contributed by atoms with van der Waals surface area (Å²) in [5.74, 6) is 0.0783. The summed E-state index contributed by atoms with van der Waals surface area (Å²) >= 11 is 17.2. The fourth-order valence-corrected chi connectivity index (χ4v) is 3.95. The molecule has 0 aliphatic carbocycles. The number of benzene rings is 3. The second-order valence-corrected chi connectivity index (χ2v) is 8.97. The van der Waals surface area contributed by atoms with Crippen molar-refractivity contribution in [3.8, 4) is 5.75 Å². The highest BCUT2D eigenvalue weighted by molar-refractivity contribution is 7.80. The Bertz CT molecular complexity index is 1190. The van der Waals surface area contributed by atoms with Gasteiger partial charge in [0.05, 0.1) is 22.9 Å². The molecule has 0 heterocycles. The van der Waals surface area contributed by atoms with Crippen molar-refractivity contribution in [2.75, 3.05) is 19.0 Å². The van der Waals surface area contributed by atoms with Gasteiger partial charge in [0.15, 0.2) is 5.11 Å². The first-order valence-electron chi connectivity index (χ1n) is 10.9. The Labute approximate surface area is 220 Å². The van der Waals surface area contributed by atoms with Gasteiger partial charge in [-0.2, -0.15) is 0 Å². The van der Waals surface area contributed by atoms with Crippen LogP contribution in [0.25, 0.3) is 0 Å². The van der Waals surface area contributed by atoms with E-state index in [2.05, 4.69) is 10.6 Å². The first-order valence-corrected chi connectivity index (χ1v) is 12.1. The minimum Gasteiger partial charge on any atom is -0.492 e. The van der Waals surface area contributed by atoms with Crippen molar-refractivity contribution in [3.63, 3.8) is 0 Å². The monoisotopic (exact) mass is 529 g/mol. The van der Waals surface area contributed by atoms with Gasteiger partial charge in [0, 0.05) is 25.0 Å². The Hall–Kier alpha value is -3.13. The number of carbonyl (C=O) groups excluding carboxylic acids is 2. The molecule has 3 rings (SSSR count). The number of amides is 2. The number of nitrogens with zero attached hydrogens (tertiary/aromatic N) is 1. The lowest BCUT2D eigenvalue weighted by Crippen LogP contribution is -2.35. The number of hydrogen-bond acceptors (Lipinski definition) is 4. The first kappa shape index (κ1) is 26.5. The molecule has 0 radical (unpaired) electrons. The molecule has 0 spiro atoms. The van der Waals surface area contributed by atoms with Crippen LogP contribution in [0.2, 0.25) is 10.0 Å². The molecular weight excluding hydrogens is 505 g/mol. The van der Waals surface area contributed by atoms with Gasteiger partial charge in [0.1, 0.15) is 5.75 Å². The molecule has 0 unspecified atom stereocenters. The highest BCUT2D eigenvalue weighted by Gasteiger charge is 2.17. The third-order valence-electron chi connectivity index (χ3n) is 4.97. The van der Waals surface area contributed by atoms with Gasteiger partial charge in [-0.1, -0.05) is 65.7 Å². The highest BCUT2D eigenvalue weighted by Crippen LogP contribution is 2.27. The molecule has 0 aliphatic rings. The maximum atomic E-state index is 13.0. The molecule has 0 saturated heterocycles. The summed E-state index contributed by atoms with van der Waals surface area (Å²) in [7, 11) is 1.74. The molecule has 182 valence electrons. The van der Waals surface area contributed by atoms with Gasteiger partial charge in [-0.15, -0.1) is 0 Å². The van der Waals surface area contributed by atoms with E-state index in [9.17, 15) is 9.59 Å². The number of halogens is 2. The van der Waals surface area contributed by atoms with E-state index < -0.39 is 0 Å². The molecular formula is C26H25Cl2N3O3S. The zero-order valence-corrected chi connectivity index (χ0v) is 21.4. The van der Waals surface area contributed by atoms with Crippen LogP contribution in [0, 0.1) is 0 Å². The van der Waals surface area contributed by atoms with Gasteiger partial charge in [0.25, 0.3) is 5.91 Å². The summed E-state index contributed by atoms with van der Waals surface area (Å²) in [6, 6.07) is 21.7. The van der Waals surface area contributed by atoms with Crippen LogP contribution in [-0.2, 0) is 11.3 Å². The lowest BCUT2D eigenvalue weighted by Gasteiger charge is -2.20. The molecule has 2 amide bonds. The Kier molecular flexibility index (Phi) is 9.90. The molecule has 2 N–H and O–H groups in total. The molecule has 0 aliphatic heterocycles. The lowest BCUT2D eigenvalue weighted by molar-refractivity contribution is -0.119. The van der Waals surface area contributed by atoms with Crippen molar-refractivity contribution in [3.05, 3.63) is 94.0 Å². The second kappa shape index (κ2) is 13.1. The number of anilines is 1. The summed E-state index contributed by atoms with van der Waals surface area (Å²) in [6.45, 7) is 0.776. The molecule has 0 fully saturated rings. The fraction of sp³-hybridized carbons (Fsp3) is 0.192. The number of ether oxygens (including phenoxy) is 1. The smallest absolute Gasteiger partial charge is 0.256 e. The van der Waals surface area contributed by atoms with Crippen molar-refractivity contribution in [2.45, 2.75) is 19.4 Å². The molecule has 0 saturated carbocycles. The zero-order chi connectivity index (χ0) is 25.2. The SMILES string of the molecule is CN(Cc1ccccc1)C(=O)c1ccccc1NC(=S)NC(=O)CCCOc1ccc(Cl)cc1Cl. The average Bonchev–Trinajstić information content (AvgIpc) is 2.83. The molecule has 35 heavy (non-hydrogen) atoms. The van der Waals surface area contributed by atoms with Crippen molar-refractivity contribution < 1.29 is 14.3 Å². The van der Waals surface area contributed by atoms with Crippen LogP contribution >= 0.6 is 35.4 Å². The number of thiocarbonyl (C=S) groups is 1. The molecule has 3 aromatic rings. The van der Waals surface area contributed by atoms with Gasteiger partial charge in [-0.25, -0.2) is 0 Å². The molecule has 6 nitrogen and oxygen atoms in total. The Balaban J connectivity index is 1.48. The molecule has 9 heteroatoms. The van der Waals surface area contributed by atoms with Crippen LogP contribution in [0.15, 0.2) is 72.8 Å². The minimum absolute atomic E-state index is 0.114. The van der Waals surface area contributed by atoms with Crippen LogP contribution in [0.5, 0.6) is 5.75 Å². The zero-order valence-electron chi connectivity index (χ0n) is 19.1. The van der Waals surface area contributed by atoms with Gasteiger partial charge < -0.3 is 20.3 Å². The Morgan fingerprint density at radius 1 is 1.00 bits per heavy atom. The van der Waals surface area contributed by atoms with Crippen molar-refractivity contribution in [1.29, 1.82) is 0 Å². The fourth-order valence-electron chi connectivity index (χ4n) is 3.26. The van der Waals surface area contributed by atoms with E-state index in [0.29, 0.717) is 46.6 Å². The number of hydrogen-bond donors (Lipinski definition) is 2. The predicted octanol–water partition coefficient (Wildman–Crippen LogP) is 5.94. The number of carbonyl (C=O) groups is 2. The Morgan fingerprint density at radius 3 is 2.46 bits per heavy atom. The summed E-state index contributed by atoms with van der Waals surface area (Å²) in [4.78, 5) is 26.9. The van der Waals surface area contributed by atoms with Crippen molar-refractivity contribution in [1.82, 2.24) is 10.2 Å². The number of para-hydroxylation sites is 1. The van der Waals surface area contributed by atoms with E-state index in [1.54, 1.807) is 54.4 Å². The van der Waals surface area contributed by atoms with Gasteiger partial charge in [0.2, 0.25) is 5.91 Å². The largest absolute Gasteiger partial charge is 0.492 e. The number of nitrogens with one attached hydrogen (secondary N) is 2. The summed E-state index contributed by atoms with van der Waals surface area (Å²) in [5, 5.41) is 6.65. The summed E-state index contributed by atoms with van der Waals surface area (Å²) in [5.41, 5.74) is 2.00. The average molecular weight is 530 g/mol. The third kappa shape index (κ3) is 8.24. The lowest BCUT2D eigenvalue weighted by atomic mass is 10.1. The molecule has 0 bridgehead atoms. The van der Waals surface area contributed by atoms with Crippen LogP contribution in [0.1, 0.15) is 28.8 Å². The van der Waals surface area contributed by atoms with E-state index in [1.165, 1.54) is 0 Å². The number of rotatable bonds is 9. The van der Waals surface area contributed by atoms with Crippen LogP contribution in [0.4, 0.5) is 5.69 Å². The highest BCUT2D eigenvalue weighted by atomic mass is 35.5. The van der Waals surface area contributed by atoms with E-state index in [0.717, 1.165) is 5.56 Å². The van der Waals surface area contributed by atoms with E-state index >= 15 is 0 Å². The van der Waals surface area contributed by atoms with Gasteiger partial charge >= 0.3 is 0 Å². The summed E-state index contributed by atoms with van der Waals surface area (Å²) in [6.07, 6.45) is 0.667. The van der Waals surface area contributed by atoms with Crippen molar-refractivity contribution >= 4 is 58.0 Å². The molecule has 0 aromatic heterocycles. The summed E-state index contributed by atoms with van der Waals surface area (Å²) < 4.78 is 5.59. The minimum atomic E-state index is -0.265. The third-order valence-corrected chi connectivity index (χ3v) is 5.70. The maximum absolute atomic E-state index is 13.0. The first-order chi connectivity index (χ1) is 16.8. The molecule has 0 atom stereocenters. The quantitative estimate of drug-likeness (QED) is 0.265. The van der Waals surface area contributed by atoms with Crippen LogP contribution in [-0.4, -0.2) is 35.5 Å². The molecule has 3 aromatic carbocycles. The normalized spacial score (nSPS) is 10.4. The van der Waals surface area contributed by atoms with Crippen LogP contribution < -0.4 is 15.4 Å². The van der Waals surface area contributed by atoms with Gasteiger partial charge in [-0.3, -0.25) is 9.59 Å². The maximum Gasteiger partial charge on any atom is 0.256 e. The van der Waals surface area contributed by atoms with E-state index in [-0.39, 0.29) is 23.3 Å². The Morgan fingerprint density at radius 2 is 1.71 bits per heavy atom. The predicted molar refractivity (Wildman–Crippen MR) is 144 cm³/mol. The van der Waals surface area contributed by atoms with Crippen LogP contribution in [0.3, 0.4) is 0 Å². The van der Waals surface area contributed by atoms with Crippen molar-refractivity contribution in [2.24, 2.45) is 0 Å². The standard InChI is InChI=1S/C26H25Cl2N3O3S/c1-31(17-18-8-3-2-4-9-18)25(33)20-10-5-6-11-22(20)29-26(35)30-24(32)12-7-15-34-23-14-13-19(27)16-21(23)28/h2-6,8-11,13-14,16H,7,12,15,17H2,1H3,(H2,29,30,32,35). The van der Waals surface area contributed by atoms with Gasteiger partial charge in [-0.05, 0) is 54.5 Å². The topological polar surface area (TPSA) is 70.7 Å². The second-order valence-electron chi connectivity index (χ2n) is 7.72. The van der Waals surface area contributed by atoms with E-state index in [1.807, 2.05) is 30.3 Å².